The summed E-state index contributed by atoms with van der Waals surface area (Å²) in [4.78, 5) is 43.5. The highest BCUT2D eigenvalue weighted by atomic mass is 16.5. The van der Waals surface area contributed by atoms with Gasteiger partial charge in [-0.05, 0) is 31.0 Å². The third kappa shape index (κ3) is 3.85. The van der Waals surface area contributed by atoms with Gasteiger partial charge in [0.2, 0.25) is 0 Å². The van der Waals surface area contributed by atoms with Gasteiger partial charge in [0.15, 0.2) is 0 Å². The molecule has 1 atom stereocenters. The summed E-state index contributed by atoms with van der Waals surface area (Å²) in [5.74, 6) is -0.474. The highest BCUT2D eigenvalue weighted by molar-refractivity contribution is 5.94. The van der Waals surface area contributed by atoms with Gasteiger partial charge >= 0.3 is 0 Å². The molecule has 1 aliphatic rings. The molecule has 2 aromatic heterocycles. The van der Waals surface area contributed by atoms with Gasteiger partial charge in [0, 0.05) is 25.0 Å². The number of carbonyl (C=O) groups excluding carboxylic acids is 2. The van der Waals surface area contributed by atoms with E-state index in [9.17, 15) is 14.4 Å². The number of rotatable bonds is 4. The number of nitrogens with one attached hydrogen (secondary N) is 1. The summed E-state index contributed by atoms with van der Waals surface area (Å²) in [5.41, 5.74) is 5.04. The average Bonchev–Trinajstić information content (AvgIpc) is 2.62. The Kier molecular flexibility index (Phi) is 4.78. The number of piperidine rings is 1. The lowest BCUT2D eigenvalue weighted by Crippen LogP contribution is -2.45. The second-order valence-electron chi connectivity index (χ2n) is 5.79. The molecule has 1 saturated heterocycles. The van der Waals surface area contributed by atoms with Crippen LogP contribution in [0.1, 0.15) is 33.7 Å². The zero-order valence-electron chi connectivity index (χ0n) is 13.5. The monoisotopic (exact) mass is 342 g/mol. The van der Waals surface area contributed by atoms with Crippen molar-refractivity contribution in [3.05, 3.63) is 58.3 Å². The Morgan fingerprint density at radius 3 is 2.96 bits per heavy atom. The van der Waals surface area contributed by atoms with Crippen LogP contribution in [0.3, 0.4) is 0 Å². The minimum atomic E-state index is -0.630. The van der Waals surface area contributed by atoms with Gasteiger partial charge in [-0.3, -0.25) is 19.4 Å². The predicted octanol–water partition coefficient (Wildman–Crippen LogP) is 0.552. The molecule has 1 aliphatic heterocycles. The number of aromatic amines is 1. The minimum Gasteiger partial charge on any atom is -0.488 e. The van der Waals surface area contributed by atoms with Crippen molar-refractivity contribution in [1.29, 1.82) is 0 Å². The van der Waals surface area contributed by atoms with E-state index in [0.717, 1.165) is 12.8 Å². The van der Waals surface area contributed by atoms with Gasteiger partial charge in [0.25, 0.3) is 17.4 Å². The third-order valence-electron chi connectivity index (χ3n) is 4.00. The average molecular weight is 342 g/mol. The summed E-state index contributed by atoms with van der Waals surface area (Å²) in [6.07, 6.45) is 4.23. The van der Waals surface area contributed by atoms with Crippen molar-refractivity contribution in [2.45, 2.75) is 18.9 Å². The summed E-state index contributed by atoms with van der Waals surface area (Å²) in [6, 6.07) is 6.24. The van der Waals surface area contributed by atoms with Gasteiger partial charge < -0.3 is 20.4 Å². The molecule has 2 amide bonds. The van der Waals surface area contributed by atoms with Crippen LogP contribution in [0.2, 0.25) is 0 Å². The van der Waals surface area contributed by atoms with Crippen molar-refractivity contribution in [1.82, 2.24) is 14.9 Å². The Hall–Kier alpha value is -3.16. The van der Waals surface area contributed by atoms with Crippen LogP contribution in [0.5, 0.6) is 5.75 Å². The Labute approximate surface area is 143 Å². The number of ether oxygens (including phenoxy) is 1. The molecular formula is C17H18N4O4. The molecule has 3 N–H and O–H groups in total. The number of hydrogen-bond donors (Lipinski definition) is 2. The van der Waals surface area contributed by atoms with Crippen LogP contribution < -0.4 is 16.0 Å². The highest BCUT2D eigenvalue weighted by Gasteiger charge is 2.27. The van der Waals surface area contributed by atoms with Crippen molar-refractivity contribution in [2.75, 3.05) is 13.1 Å². The first-order valence-electron chi connectivity index (χ1n) is 7.94. The van der Waals surface area contributed by atoms with E-state index >= 15 is 0 Å². The largest absolute Gasteiger partial charge is 0.488 e. The van der Waals surface area contributed by atoms with Gasteiger partial charge in [-0.15, -0.1) is 0 Å². The van der Waals surface area contributed by atoms with E-state index in [2.05, 4.69) is 9.97 Å². The number of H-pyrrole nitrogens is 1. The third-order valence-corrected chi connectivity index (χ3v) is 4.00. The number of aromatic nitrogens is 2. The molecule has 2 aromatic rings. The fraction of sp³-hybridized carbons (Fsp3) is 0.294. The van der Waals surface area contributed by atoms with E-state index in [1.54, 1.807) is 17.0 Å². The number of pyridine rings is 2. The van der Waals surface area contributed by atoms with E-state index in [4.69, 9.17) is 10.5 Å². The van der Waals surface area contributed by atoms with Crippen molar-refractivity contribution in [3.8, 4) is 5.75 Å². The number of primary amides is 1. The Morgan fingerprint density at radius 1 is 1.36 bits per heavy atom. The molecule has 1 fully saturated rings. The number of carbonyl (C=O) groups is 2. The highest BCUT2D eigenvalue weighted by Crippen LogP contribution is 2.19. The summed E-state index contributed by atoms with van der Waals surface area (Å²) in [5, 5.41) is 0. The first-order chi connectivity index (χ1) is 12.0. The van der Waals surface area contributed by atoms with Crippen LogP contribution in [-0.4, -0.2) is 45.9 Å². The van der Waals surface area contributed by atoms with Crippen LogP contribution in [0.4, 0.5) is 0 Å². The van der Waals surface area contributed by atoms with Crippen molar-refractivity contribution >= 4 is 11.8 Å². The number of nitrogens with two attached hydrogens (primary N) is 1. The quantitative estimate of drug-likeness (QED) is 0.841. The van der Waals surface area contributed by atoms with E-state index < -0.39 is 11.5 Å². The smallest absolute Gasteiger partial charge is 0.267 e. The Morgan fingerprint density at radius 2 is 2.20 bits per heavy atom. The first kappa shape index (κ1) is 16.7. The fourth-order valence-electron chi connectivity index (χ4n) is 2.79. The van der Waals surface area contributed by atoms with Gasteiger partial charge in [-0.1, -0.05) is 0 Å². The van der Waals surface area contributed by atoms with Crippen LogP contribution in [0.15, 0.2) is 41.5 Å². The zero-order chi connectivity index (χ0) is 17.8. The second kappa shape index (κ2) is 7.16. The van der Waals surface area contributed by atoms with Gasteiger partial charge in [0.1, 0.15) is 23.1 Å². The predicted molar refractivity (Wildman–Crippen MR) is 89.4 cm³/mol. The molecule has 25 heavy (non-hydrogen) atoms. The number of likely N-dealkylation sites (tertiary alicyclic amines) is 1. The molecule has 8 nitrogen and oxygen atoms in total. The summed E-state index contributed by atoms with van der Waals surface area (Å²) in [7, 11) is 0. The lowest BCUT2D eigenvalue weighted by molar-refractivity contribution is 0.0536. The number of hydrogen-bond acceptors (Lipinski definition) is 5. The van der Waals surface area contributed by atoms with Crippen LogP contribution in [0, 0.1) is 0 Å². The summed E-state index contributed by atoms with van der Waals surface area (Å²) < 4.78 is 5.87. The fourth-order valence-corrected chi connectivity index (χ4v) is 2.79. The zero-order valence-corrected chi connectivity index (χ0v) is 13.5. The minimum absolute atomic E-state index is 0.114. The van der Waals surface area contributed by atoms with Crippen molar-refractivity contribution in [3.63, 3.8) is 0 Å². The maximum atomic E-state index is 12.5. The molecule has 0 saturated carbocycles. The topological polar surface area (TPSA) is 118 Å². The maximum Gasteiger partial charge on any atom is 0.267 e. The molecule has 3 rings (SSSR count). The summed E-state index contributed by atoms with van der Waals surface area (Å²) >= 11 is 0. The van der Waals surface area contributed by atoms with E-state index in [0.29, 0.717) is 18.8 Å². The van der Waals surface area contributed by atoms with E-state index in [1.165, 1.54) is 24.5 Å². The molecule has 0 bridgehead atoms. The van der Waals surface area contributed by atoms with Crippen molar-refractivity contribution in [2.24, 2.45) is 5.73 Å². The van der Waals surface area contributed by atoms with Gasteiger partial charge in [-0.2, -0.15) is 0 Å². The normalized spacial score (nSPS) is 17.1. The van der Waals surface area contributed by atoms with Gasteiger partial charge in [-0.25, -0.2) is 0 Å². The molecule has 0 spiro atoms. The van der Waals surface area contributed by atoms with Crippen LogP contribution in [0.25, 0.3) is 0 Å². The lowest BCUT2D eigenvalue weighted by Gasteiger charge is -2.32. The molecule has 130 valence electrons. The second-order valence-corrected chi connectivity index (χ2v) is 5.79. The van der Waals surface area contributed by atoms with Crippen LogP contribution in [-0.2, 0) is 0 Å². The lowest BCUT2D eigenvalue weighted by atomic mass is 10.1. The molecule has 3 heterocycles. The van der Waals surface area contributed by atoms with E-state index in [-0.39, 0.29) is 23.3 Å². The SMILES string of the molecule is NC(=O)c1cc(OC2CCCN(C(=O)c3ccc[nH]c3=O)C2)ccn1. The molecule has 8 heteroatoms. The van der Waals surface area contributed by atoms with Gasteiger partial charge in [0.05, 0.1) is 6.54 Å². The molecule has 0 aromatic carbocycles. The Bertz CT molecular complexity index is 848. The molecule has 0 radical (unpaired) electrons. The molecule has 0 aliphatic carbocycles. The molecule has 1 unspecified atom stereocenters. The Balaban J connectivity index is 1.70. The standard InChI is InChI=1S/C17H18N4O4/c18-15(22)14-9-11(5-7-19-14)25-12-3-2-8-21(10-12)17(24)13-4-1-6-20-16(13)23/h1,4-7,9,12H,2-3,8,10H2,(H2,18,22)(H,20,23). The molecular weight excluding hydrogens is 324 g/mol. The summed E-state index contributed by atoms with van der Waals surface area (Å²) in [6.45, 7) is 0.928. The number of amides is 2. The maximum absolute atomic E-state index is 12.5. The van der Waals surface area contributed by atoms with E-state index in [1.807, 2.05) is 0 Å². The van der Waals surface area contributed by atoms with Crippen LogP contribution >= 0.6 is 0 Å². The van der Waals surface area contributed by atoms with Crippen molar-refractivity contribution < 1.29 is 14.3 Å². The number of nitrogens with zero attached hydrogens (tertiary/aromatic N) is 2. The first-order valence-corrected chi connectivity index (χ1v) is 7.94.